The van der Waals surface area contributed by atoms with E-state index in [-0.39, 0.29) is 18.2 Å². The maximum Gasteiger partial charge on any atom is 0.307 e. The number of ketones is 1. The van der Waals surface area contributed by atoms with E-state index in [1.54, 1.807) is 24.3 Å². The number of nitrogens with zero attached hydrogens (tertiary/aromatic N) is 1. The molecule has 136 valence electrons. The van der Waals surface area contributed by atoms with Crippen molar-refractivity contribution in [3.05, 3.63) is 35.4 Å². The molecule has 0 bridgehead atoms. The molecule has 1 aromatic rings. The molecule has 0 aromatic heterocycles. The fourth-order valence-corrected chi connectivity index (χ4v) is 2.82. The molecule has 4 heteroatoms. The normalized spacial score (nSPS) is 18.7. The second-order valence-corrected chi connectivity index (χ2v) is 6.48. The van der Waals surface area contributed by atoms with Gasteiger partial charge in [0.15, 0.2) is 0 Å². The Kier molecular flexibility index (Phi) is 9.54. The van der Waals surface area contributed by atoms with Crippen molar-refractivity contribution >= 4 is 11.8 Å². The van der Waals surface area contributed by atoms with Crippen molar-refractivity contribution in [3.8, 4) is 6.07 Å². The number of rotatable bonds is 7. The molecule has 2 atom stereocenters. The van der Waals surface area contributed by atoms with Crippen molar-refractivity contribution in [2.75, 3.05) is 0 Å². The Hall–Kier alpha value is -2.15. The number of Topliss-reactive ketones (excluding diaryl/α,β-unsaturated/α-hetero) is 1. The van der Waals surface area contributed by atoms with Gasteiger partial charge in [0.2, 0.25) is 0 Å². The minimum Gasteiger partial charge on any atom is -0.457 e. The van der Waals surface area contributed by atoms with Gasteiger partial charge in [-0.3, -0.25) is 9.59 Å². The van der Waals surface area contributed by atoms with Gasteiger partial charge in [-0.2, -0.15) is 5.26 Å². The van der Waals surface area contributed by atoms with E-state index in [2.05, 4.69) is 13.8 Å². The Labute approximate surface area is 151 Å². The zero-order valence-electron chi connectivity index (χ0n) is 15.6. The van der Waals surface area contributed by atoms with E-state index in [9.17, 15) is 9.59 Å². The van der Waals surface area contributed by atoms with Gasteiger partial charge in [-0.05, 0) is 24.6 Å². The van der Waals surface area contributed by atoms with Crippen molar-refractivity contribution in [2.45, 2.75) is 71.8 Å². The molecule has 0 amide bonds. The zero-order chi connectivity index (χ0) is 18.7. The Balaban J connectivity index is 0.000000333. The van der Waals surface area contributed by atoms with E-state index >= 15 is 0 Å². The van der Waals surface area contributed by atoms with Crippen LogP contribution in [0.1, 0.15) is 82.9 Å². The largest absolute Gasteiger partial charge is 0.457 e. The quantitative estimate of drug-likeness (QED) is 0.509. The maximum atomic E-state index is 11.4. The Morgan fingerprint density at radius 1 is 1.12 bits per heavy atom. The average Bonchev–Trinajstić information content (AvgIpc) is 3.02. The summed E-state index contributed by atoms with van der Waals surface area (Å²) in [7, 11) is 0. The lowest BCUT2D eigenvalue weighted by atomic mass is 9.92. The summed E-state index contributed by atoms with van der Waals surface area (Å²) in [4.78, 5) is 22.7. The van der Waals surface area contributed by atoms with Gasteiger partial charge < -0.3 is 4.74 Å². The Bertz CT molecular complexity index is 580. The van der Waals surface area contributed by atoms with Gasteiger partial charge in [-0.25, -0.2) is 0 Å². The van der Waals surface area contributed by atoms with Crippen molar-refractivity contribution in [2.24, 2.45) is 5.92 Å². The van der Waals surface area contributed by atoms with Gasteiger partial charge in [0, 0.05) is 0 Å². The van der Waals surface area contributed by atoms with Crippen molar-refractivity contribution in [1.82, 2.24) is 0 Å². The summed E-state index contributed by atoms with van der Waals surface area (Å²) < 4.78 is 5.15. The first-order chi connectivity index (χ1) is 12.0. The van der Waals surface area contributed by atoms with E-state index in [0.29, 0.717) is 5.56 Å². The maximum absolute atomic E-state index is 11.4. The molecule has 1 unspecified atom stereocenters. The number of hydrogen-bond acceptors (Lipinski definition) is 4. The number of carbonyl (C=O) groups excluding carboxylic acids is 2. The highest BCUT2D eigenvalue weighted by atomic mass is 16.6. The molecule has 1 aliphatic rings. The molecule has 0 N–H and O–H groups in total. The molecule has 1 heterocycles. The Morgan fingerprint density at radius 2 is 1.68 bits per heavy atom. The lowest BCUT2D eigenvalue weighted by Crippen LogP contribution is -2.15. The number of ether oxygens (including phenoxy) is 1. The van der Waals surface area contributed by atoms with E-state index in [1.165, 1.54) is 45.4 Å². The van der Waals surface area contributed by atoms with Gasteiger partial charge in [-0.15, -0.1) is 0 Å². The third-order valence-corrected chi connectivity index (χ3v) is 4.36. The number of hydrogen-bond donors (Lipinski definition) is 0. The van der Waals surface area contributed by atoms with Gasteiger partial charge in [0.25, 0.3) is 0 Å². The monoisotopic (exact) mass is 343 g/mol. The van der Waals surface area contributed by atoms with Crippen LogP contribution < -0.4 is 0 Å². The summed E-state index contributed by atoms with van der Waals surface area (Å²) in [5.41, 5.74) is 1.30. The first-order valence-corrected chi connectivity index (χ1v) is 9.23. The Morgan fingerprint density at radius 3 is 2.12 bits per heavy atom. The van der Waals surface area contributed by atoms with Crippen LogP contribution in [0.15, 0.2) is 24.3 Å². The van der Waals surface area contributed by atoms with Crippen LogP contribution in [0.25, 0.3) is 0 Å². The van der Waals surface area contributed by atoms with Crippen LogP contribution >= 0.6 is 0 Å². The summed E-state index contributed by atoms with van der Waals surface area (Å²) in [6.45, 7) is 5.97. The molecule has 0 spiro atoms. The van der Waals surface area contributed by atoms with Crippen LogP contribution in [0, 0.1) is 17.2 Å². The van der Waals surface area contributed by atoms with Gasteiger partial charge in [0.05, 0.1) is 24.0 Å². The van der Waals surface area contributed by atoms with Crippen LogP contribution in [0.4, 0.5) is 0 Å². The van der Waals surface area contributed by atoms with Crippen LogP contribution in [-0.4, -0.2) is 11.8 Å². The third-order valence-electron chi connectivity index (χ3n) is 4.36. The summed E-state index contributed by atoms with van der Waals surface area (Å²) in [5, 5.41) is 8.69. The van der Waals surface area contributed by atoms with Gasteiger partial charge in [0.1, 0.15) is 11.9 Å². The molecule has 0 saturated carbocycles. The number of unbranched alkanes of at least 4 members (excludes halogenated alkanes) is 5. The highest BCUT2D eigenvalue weighted by molar-refractivity contribution is 5.86. The van der Waals surface area contributed by atoms with E-state index in [1.807, 2.05) is 6.07 Å². The number of benzene rings is 1. The fourth-order valence-electron chi connectivity index (χ4n) is 2.82. The second kappa shape index (κ2) is 11.4. The van der Waals surface area contributed by atoms with Crippen molar-refractivity contribution < 1.29 is 14.3 Å². The van der Waals surface area contributed by atoms with Crippen LogP contribution in [0.3, 0.4) is 0 Å². The zero-order valence-corrected chi connectivity index (χ0v) is 15.6. The number of nitriles is 1. The minimum absolute atomic E-state index is 0.0507. The smallest absolute Gasteiger partial charge is 0.307 e. The molecule has 1 aliphatic heterocycles. The lowest BCUT2D eigenvalue weighted by molar-refractivity contribution is -0.141. The molecule has 0 aliphatic carbocycles. The van der Waals surface area contributed by atoms with Crippen molar-refractivity contribution in [3.63, 3.8) is 0 Å². The van der Waals surface area contributed by atoms with Gasteiger partial charge >= 0.3 is 5.97 Å². The number of cyclic esters (lactones) is 1. The standard InChI is InChI=1S/C13H11NO3.C8H18/c1-8(15)11-6-12(16)17-13(11)10-4-2-9(7-14)3-5-10;1-3-5-7-8-6-4-2/h2-5,11,13H,6H2,1H3;3-8H2,1-2H3/t11-,13?;/m1./s1. The molecule has 1 fully saturated rings. The number of carbonyl (C=O) groups is 2. The lowest BCUT2D eigenvalue weighted by Gasteiger charge is -2.15. The summed E-state index contributed by atoms with van der Waals surface area (Å²) in [6.07, 6.45) is 8.12. The molecule has 0 radical (unpaired) electrons. The molecule has 2 rings (SSSR count). The molecule has 1 aromatic carbocycles. The number of esters is 1. The SMILES string of the molecule is CC(=O)[C@H]1CC(=O)OC1c1ccc(C#N)cc1.CCCCCCCC. The molecule has 1 saturated heterocycles. The highest BCUT2D eigenvalue weighted by Gasteiger charge is 2.38. The molecule has 25 heavy (non-hydrogen) atoms. The van der Waals surface area contributed by atoms with Crippen LogP contribution in [-0.2, 0) is 14.3 Å². The molecular weight excluding hydrogens is 314 g/mol. The predicted octanol–water partition coefficient (Wildman–Crippen LogP) is 5.12. The van der Waals surface area contributed by atoms with E-state index in [0.717, 1.165) is 5.56 Å². The predicted molar refractivity (Wildman–Crippen MR) is 97.8 cm³/mol. The minimum atomic E-state index is -0.507. The average molecular weight is 343 g/mol. The molecule has 4 nitrogen and oxygen atoms in total. The first-order valence-electron chi connectivity index (χ1n) is 9.23. The fraction of sp³-hybridized carbons (Fsp3) is 0.571. The highest BCUT2D eigenvalue weighted by Crippen LogP contribution is 2.35. The van der Waals surface area contributed by atoms with Crippen molar-refractivity contribution in [1.29, 1.82) is 5.26 Å². The summed E-state index contributed by atoms with van der Waals surface area (Å²) in [6, 6.07) is 8.76. The second-order valence-electron chi connectivity index (χ2n) is 6.48. The summed E-state index contributed by atoms with van der Waals surface area (Å²) in [5.74, 6) is -0.805. The summed E-state index contributed by atoms with van der Waals surface area (Å²) >= 11 is 0. The first kappa shape index (κ1) is 20.9. The molecular formula is C21H29NO3. The van der Waals surface area contributed by atoms with Crippen LogP contribution in [0.5, 0.6) is 0 Å². The van der Waals surface area contributed by atoms with Gasteiger partial charge in [-0.1, -0.05) is 64.5 Å². The van der Waals surface area contributed by atoms with Crippen LogP contribution in [0.2, 0.25) is 0 Å². The van der Waals surface area contributed by atoms with E-state index in [4.69, 9.17) is 10.00 Å². The van der Waals surface area contributed by atoms with E-state index < -0.39 is 12.0 Å². The topological polar surface area (TPSA) is 67.2 Å². The third kappa shape index (κ3) is 7.09.